The van der Waals surface area contributed by atoms with Crippen molar-refractivity contribution < 1.29 is 14.3 Å². The van der Waals surface area contributed by atoms with Crippen LogP contribution in [0.2, 0.25) is 10.0 Å². The van der Waals surface area contributed by atoms with Gasteiger partial charge in [0.1, 0.15) is 23.1 Å². The van der Waals surface area contributed by atoms with Gasteiger partial charge in [-0.2, -0.15) is 5.26 Å². The first-order chi connectivity index (χ1) is 14.9. The van der Waals surface area contributed by atoms with Crippen LogP contribution in [0, 0.1) is 18.3 Å². The Morgan fingerprint density at radius 2 is 1.87 bits per heavy atom. The Morgan fingerprint density at radius 3 is 2.58 bits per heavy atom. The average molecular weight is 451 g/mol. The zero-order valence-electron chi connectivity index (χ0n) is 16.4. The molecule has 2 N–H and O–H groups in total. The Labute approximate surface area is 189 Å². The van der Waals surface area contributed by atoms with E-state index in [1.807, 2.05) is 13.0 Å². The smallest absolute Gasteiger partial charge is 0.343 e. The number of carbonyl (C=O) groups is 1. The van der Waals surface area contributed by atoms with Crippen LogP contribution in [0.4, 0.5) is 0 Å². The van der Waals surface area contributed by atoms with Gasteiger partial charge in [0.15, 0.2) is 0 Å². The van der Waals surface area contributed by atoms with Gasteiger partial charge in [-0.3, -0.25) is 0 Å². The number of halogens is 2. The van der Waals surface area contributed by atoms with Crippen molar-refractivity contribution in [3.05, 3.63) is 104 Å². The van der Waals surface area contributed by atoms with E-state index >= 15 is 0 Å². The third-order valence-electron chi connectivity index (χ3n) is 4.93. The van der Waals surface area contributed by atoms with E-state index in [1.54, 1.807) is 54.6 Å². The van der Waals surface area contributed by atoms with Crippen molar-refractivity contribution in [2.24, 2.45) is 5.73 Å². The summed E-state index contributed by atoms with van der Waals surface area (Å²) in [6.45, 7) is 1.90. The Morgan fingerprint density at radius 1 is 1.10 bits per heavy atom. The van der Waals surface area contributed by atoms with E-state index in [0.29, 0.717) is 38.2 Å². The molecule has 1 atom stereocenters. The highest BCUT2D eigenvalue weighted by Crippen LogP contribution is 2.45. The number of allylic oxidation sites excluding steroid dienone is 1. The number of fused-ring (bicyclic) bond motifs is 1. The van der Waals surface area contributed by atoms with Gasteiger partial charge in [-0.25, -0.2) is 4.79 Å². The van der Waals surface area contributed by atoms with E-state index in [-0.39, 0.29) is 11.5 Å². The molecular weight excluding hydrogens is 435 g/mol. The first-order valence-electron chi connectivity index (χ1n) is 9.32. The summed E-state index contributed by atoms with van der Waals surface area (Å²) >= 11 is 12.4. The molecule has 3 aromatic rings. The quantitative estimate of drug-likeness (QED) is 0.406. The van der Waals surface area contributed by atoms with Crippen molar-refractivity contribution in [2.45, 2.75) is 12.8 Å². The number of hydrogen-bond donors (Lipinski definition) is 1. The molecule has 31 heavy (non-hydrogen) atoms. The van der Waals surface area contributed by atoms with Crippen molar-refractivity contribution in [3.8, 4) is 17.6 Å². The lowest BCUT2D eigenvalue weighted by molar-refractivity contribution is 0.0734. The molecular formula is C24H16Cl2N2O3. The van der Waals surface area contributed by atoms with Crippen LogP contribution in [0.15, 0.2) is 72.1 Å². The fraction of sp³-hybridized carbons (Fsp3) is 0.0833. The van der Waals surface area contributed by atoms with Crippen LogP contribution >= 0.6 is 23.2 Å². The first kappa shape index (κ1) is 20.8. The second kappa shape index (κ2) is 8.35. The topological polar surface area (TPSA) is 85.3 Å². The van der Waals surface area contributed by atoms with E-state index in [4.69, 9.17) is 38.4 Å². The molecule has 5 nitrogen and oxygen atoms in total. The van der Waals surface area contributed by atoms with Crippen LogP contribution in [-0.2, 0) is 0 Å². The molecule has 0 saturated heterocycles. The number of nitrogens with zero attached hydrogens (tertiary/aromatic N) is 1. The predicted octanol–water partition coefficient (Wildman–Crippen LogP) is 5.74. The highest BCUT2D eigenvalue weighted by atomic mass is 35.5. The fourth-order valence-electron chi connectivity index (χ4n) is 3.49. The summed E-state index contributed by atoms with van der Waals surface area (Å²) in [6.07, 6.45) is 0. The summed E-state index contributed by atoms with van der Waals surface area (Å²) in [5, 5.41) is 10.6. The third-order valence-corrected chi connectivity index (χ3v) is 5.49. The molecule has 154 valence electrons. The van der Waals surface area contributed by atoms with Gasteiger partial charge in [-0.05, 0) is 42.8 Å². The van der Waals surface area contributed by atoms with E-state index in [2.05, 4.69) is 6.07 Å². The number of nitrogens with two attached hydrogens (primary N) is 1. The molecule has 0 aromatic heterocycles. The zero-order valence-corrected chi connectivity index (χ0v) is 17.9. The van der Waals surface area contributed by atoms with Crippen LogP contribution in [0.1, 0.15) is 33.0 Å². The lowest BCUT2D eigenvalue weighted by Crippen LogP contribution is -2.21. The van der Waals surface area contributed by atoms with Crippen LogP contribution in [-0.4, -0.2) is 5.97 Å². The third kappa shape index (κ3) is 4.09. The van der Waals surface area contributed by atoms with Crippen LogP contribution < -0.4 is 15.2 Å². The monoisotopic (exact) mass is 450 g/mol. The van der Waals surface area contributed by atoms with Crippen molar-refractivity contribution in [3.63, 3.8) is 0 Å². The summed E-state index contributed by atoms with van der Waals surface area (Å²) in [5.74, 6) is -0.396. The summed E-state index contributed by atoms with van der Waals surface area (Å²) in [7, 11) is 0. The number of aryl methyl sites for hydroxylation is 1. The van der Waals surface area contributed by atoms with Gasteiger partial charge in [0.25, 0.3) is 0 Å². The number of carbonyl (C=O) groups excluding carboxylic acids is 1. The molecule has 1 unspecified atom stereocenters. The van der Waals surface area contributed by atoms with Crippen LogP contribution in [0.3, 0.4) is 0 Å². The van der Waals surface area contributed by atoms with E-state index < -0.39 is 11.9 Å². The molecule has 0 bridgehead atoms. The molecule has 7 heteroatoms. The minimum Gasteiger partial charge on any atom is -0.440 e. The Hall–Kier alpha value is -3.46. The standard InChI is InChI=1S/C24H16Cl2N2O3/c1-13-3-2-4-14(9-13)24(29)30-16-6-8-18-21(11-16)31-23(28)19(12-27)22(18)17-7-5-15(25)10-20(17)26/h2-11,22H,28H2,1H3. The second-order valence-electron chi connectivity index (χ2n) is 7.05. The lowest BCUT2D eigenvalue weighted by atomic mass is 9.83. The Kier molecular flexibility index (Phi) is 5.60. The number of ether oxygens (including phenoxy) is 2. The molecule has 1 heterocycles. The molecule has 3 aromatic carbocycles. The fourth-order valence-corrected chi connectivity index (χ4v) is 4.01. The Balaban J connectivity index is 1.72. The number of nitriles is 1. The molecule has 1 aliphatic heterocycles. The minimum absolute atomic E-state index is 0.0341. The summed E-state index contributed by atoms with van der Waals surface area (Å²) in [4.78, 5) is 12.5. The molecule has 0 saturated carbocycles. The SMILES string of the molecule is Cc1cccc(C(=O)Oc2ccc3c(c2)OC(N)=C(C#N)C3c2ccc(Cl)cc2Cl)c1. The zero-order chi connectivity index (χ0) is 22.1. The first-order valence-corrected chi connectivity index (χ1v) is 10.1. The minimum atomic E-state index is -0.542. The van der Waals surface area contributed by atoms with Gasteiger partial charge >= 0.3 is 5.97 Å². The van der Waals surface area contributed by atoms with Crippen molar-refractivity contribution in [1.29, 1.82) is 5.26 Å². The van der Waals surface area contributed by atoms with Crippen molar-refractivity contribution in [2.75, 3.05) is 0 Å². The molecule has 0 fully saturated rings. The van der Waals surface area contributed by atoms with Crippen LogP contribution in [0.25, 0.3) is 0 Å². The number of esters is 1. The predicted molar refractivity (Wildman–Crippen MR) is 118 cm³/mol. The maximum absolute atomic E-state index is 12.5. The van der Waals surface area contributed by atoms with Gasteiger partial charge in [0, 0.05) is 21.7 Å². The highest BCUT2D eigenvalue weighted by Gasteiger charge is 2.32. The van der Waals surface area contributed by atoms with Gasteiger partial charge < -0.3 is 15.2 Å². The molecule has 0 spiro atoms. The van der Waals surface area contributed by atoms with Crippen molar-refractivity contribution >= 4 is 29.2 Å². The van der Waals surface area contributed by atoms with Gasteiger partial charge in [0.05, 0.1) is 11.5 Å². The van der Waals surface area contributed by atoms with Gasteiger partial charge in [-0.1, -0.05) is 53.0 Å². The summed E-state index contributed by atoms with van der Waals surface area (Å²) in [5.41, 5.74) is 9.00. The summed E-state index contributed by atoms with van der Waals surface area (Å²) < 4.78 is 11.2. The van der Waals surface area contributed by atoms with Gasteiger partial charge in [0.2, 0.25) is 5.88 Å². The number of benzene rings is 3. The average Bonchev–Trinajstić information content (AvgIpc) is 2.73. The van der Waals surface area contributed by atoms with Crippen LogP contribution in [0.5, 0.6) is 11.5 Å². The Bertz CT molecular complexity index is 1280. The number of hydrogen-bond acceptors (Lipinski definition) is 5. The second-order valence-corrected chi connectivity index (χ2v) is 7.89. The highest BCUT2D eigenvalue weighted by molar-refractivity contribution is 6.35. The largest absolute Gasteiger partial charge is 0.440 e. The molecule has 1 aliphatic rings. The summed E-state index contributed by atoms with van der Waals surface area (Å²) in [6, 6.07) is 19.2. The maximum atomic E-state index is 12.5. The molecule has 0 aliphatic carbocycles. The van der Waals surface area contributed by atoms with Crippen molar-refractivity contribution in [1.82, 2.24) is 0 Å². The van der Waals surface area contributed by atoms with E-state index in [1.165, 1.54) is 0 Å². The molecule has 0 radical (unpaired) electrons. The normalized spacial score (nSPS) is 15.0. The number of rotatable bonds is 3. The molecule has 4 rings (SSSR count). The lowest BCUT2D eigenvalue weighted by Gasteiger charge is -2.27. The maximum Gasteiger partial charge on any atom is 0.343 e. The van der Waals surface area contributed by atoms with E-state index in [0.717, 1.165) is 5.56 Å². The van der Waals surface area contributed by atoms with Gasteiger partial charge in [-0.15, -0.1) is 0 Å². The molecule has 0 amide bonds. The van der Waals surface area contributed by atoms with E-state index in [9.17, 15) is 10.1 Å².